The van der Waals surface area contributed by atoms with E-state index in [1.807, 2.05) is 28.8 Å². The summed E-state index contributed by atoms with van der Waals surface area (Å²) in [6.45, 7) is 2.08. The molecule has 4 heteroatoms. The molecule has 1 aliphatic carbocycles. The Hall–Kier alpha value is -2.75. The number of imidazole rings is 1. The number of nitrogens with zero attached hydrogens (tertiary/aromatic N) is 2. The van der Waals surface area contributed by atoms with Crippen LogP contribution in [0.15, 0.2) is 71.2 Å². The minimum absolute atomic E-state index is 0.0298. The Morgan fingerprint density at radius 2 is 1.64 bits per heavy atom. The van der Waals surface area contributed by atoms with Gasteiger partial charge in [-0.1, -0.05) is 48.5 Å². The first kappa shape index (κ1) is 17.4. The summed E-state index contributed by atoms with van der Waals surface area (Å²) >= 11 is 0. The molecule has 1 aliphatic heterocycles. The Morgan fingerprint density at radius 3 is 2.39 bits per heavy atom. The van der Waals surface area contributed by atoms with Crippen molar-refractivity contribution in [2.24, 2.45) is 0 Å². The van der Waals surface area contributed by atoms with Crippen molar-refractivity contribution < 1.29 is 0 Å². The van der Waals surface area contributed by atoms with Crippen LogP contribution < -0.4 is 5.69 Å². The summed E-state index contributed by atoms with van der Waals surface area (Å²) in [5.74, 6) is 0.660. The van der Waals surface area contributed by atoms with E-state index in [1.54, 1.807) is 0 Å². The van der Waals surface area contributed by atoms with Crippen molar-refractivity contribution in [3.05, 3.63) is 82.4 Å². The van der Waals surface area contributed by atoms with Crippen LogP contribution in [0.5, 0.6) is 0 Å². The lowest BCUT2D eigenvalue weighted by Gasteiger charge is -2.37. The molecule has 1 aromatic heterocycles. The van der Waals surface area contributed by atoms with Crippen molar-refractivity contribution >= 4 is 11.0 Å². The Kier molecular flexibility index (Phi) is 4.55. The fourth-order valence-electron chi connectivity index (χ4n) is 4.98. The molecule has 1 fully saturated rings. The van der Waals surface area contributed by atoms with Gasteiger partial charge < -0.3 is 9.88 Å². The Bertz CT molecular complexity index is 1040. The van der Waals surface area contributed by atoms with Gasteiger partial charge >= 0.3 is 5.69 Å². The normalized spacial score (nSPS) is 21.1. The summed E-state index contributed by atoms with van der Waals surface area (Å²) in [5, 5.41) is 0. The Morgan fingerprint density at radius 1 is 0.893 bits per heavy atom. The maximum absolute atomic E-state index is 12.5. The number of rotatable bonds is 3. The van der Waals surface area contributed by atoms with Crippen LogP contribution in [0.2, 0.25) is 0 Å². The first-order chi connectivity index (χ1) is 13.8. The molecule has 2 aromatic carbocycles. The molecular formula is C24H27N3O. The van der Waals surface area contributed by atoms with Crippen molar-refractivity contribution in [1.82, 2.24) is 14.5 Å². The third-order valence-corrected chi connectivity index (χ3v) is 6.52. The molecule has 4 nitrogen and oxygen atoms in total. The van der Waals surface area contributed by atoms with E-state index in [0.717, 1.165) is 49.8 Å². The molecule has 0 amide bonds. The highest BCUT2D eigenvalue weighted by Crippen LogP contribution is 2.35. The summed E-state index contributed by atoms with van der Waals surface area (Å²) in [6.07, 6.45) is 8.05. The van der Waals surface area contributed by atoms with Crippen molar-refractivity contribution in [2.45, 2.75) is 44.1 Å². The van der Waals surface area contributed by atoms with E-state index in [2.05, 4.69) is 46.3 Å². The van der Waals surface area contributed by atoms with E-state index in [1.165, 1.54) is 17.7 Å². The number of piperidine rings is 1. The molecular weight excluding hydrogens is 346 g/mol. The molecule has 5 rings (SSSR count). The number of allylic oxidation sites excluding steroid dienone is 2. The standard InChI is InChI=1S/C24H27N3O/c28-24-25-22-8-4-5-9-23(22)27(24)21-14-16-26(17-15-21)20-12-10-19(11-13-20)18-6-2-1-3-7-18/h1-9,12,19,21H,10-11,13-17H2,(H,25,28). The quantitative estimate of drug-likeness (QED) is 0.715. The maximum atomic E-state index is 12.5. The third kappa shape index (κ3) is 3.17. The minimum atomic E-state index is 0.0298. The lowest BCUT2D eigenvalue weighted by molar-refractivity contribution is 0.217. The number of hydrogen-bond donors (Lipinski definition) is 1. The van der Waals surface area contributed by atoms with Gasteiger partial charge in [-0.3, -0.25) is 4.57 Å². The van der Waals surface area contributed by atoms with Gasteiger partial charge in [-0.05, 0) is 55.7 Å². The lowest BCUT2D eigenvalue weighted by atomic mass is 9.86. The third-order valence-electron chi connectivity index (χ3n) is 6.52. The van der Waals surface area contributed by atoms with Gasteiger partial charge in [0.1, 0.15) is 0 Å². The largest absolute Gasteiger partial charge is 0.375 e. The van der Waals surface area contributed by atoms with Gasteiger partial charge in [0.15, 0.2) is 0 Å². The van der Waals surface area contributed by atoms with Crippen LogP contribution >= 0.6 is 0 Å². The minimum Gasteiger partial charge on any atom is -0.375 e. The van der Waals surface area contributed by atoms with E-state index in [4.69, 9.17) is 0 Å². The Labute approximate surface area is 165 Å². The molecule has 1 unspecified atom stereocenters. The van der Waals surface area contributed by atoms with Crippen LogP contribution in [0.25, 0.3) is 11.0 Å². The number of likely N-dealkylation sites (tertiary alicyclic amines) is 1. The van der Waals surface area contributed by atoms with Gasteiger partial charge in [0.05, 0.1) is 11.0 Å². The Balaban J connectivity index is 1.26. The number of H-pyrrole nitrogens is 1. The van der Waals surface area contributed by atoms with Gasteiger partial charge in [0, 0.05) is 24.8 Å². The molecule has 3 aromatic rings. The first-order valence-electron chi connectivity index (χ1n) is 10.5. The SMILES string of the molecule is O=c1[nH]c2ccccc2n1C1CCN(C2=CCC(c3ccccc3)CC2)CC1. The smallest absolute Gasteiger partial charge is 0.326 e. The summed E-state index contributed by atoms with van der Waals surface area (Å²) in [5.41, 5.74) is 4.99. The van der Waals surface area contributed by atoms with E-state index in [0.29, 0.717) is 12.0 Å². The number of para-hydroxylation sites is 2. The van der Waals surface area contributed by atoms with Gasteiger partial charge in [-0.15, -0.1) is 0 Å². The average molecular weight is 374 g/mol. The number of benzene rings is 2. The van der Waals surface area contributed by atoms with Gasteiger partial charge in [0.25, 0.3) is 0 Å². The zero-order valence-corrected chi connectivity index (χ0v) is 16.2. The van der Waals surface area contributed by atoms with Gasteiger partial charge in [-0.2, -0.15) is 0 Å². The number of aromatic nitrogens is 2. The van der Waals surface area contributed by atoms with Crippen LogP contribution in [0, 0.1) is 0 Å². The van der Waals surface area contributed by atoms with Crippen LogP contribution in [0.1, 0.15) is 49.6 Å². The molecule has 2 heterocycles. The number of hydrogen-bond acceptors (Lipinski definition) is 2. The lowest BCUT2D eigenvalue weighted by Crippen LogP contribution is -2.37. The van der Waals surface area contributed by atoms with Gasteiger partial charge in [0.2, 0.25) is 0 Å². The van der Waals surface area contributed by atoms with E-state index in [9.17, 15) is 4.79 Å². The molecule has 0 spiro atoms. The van der Waals surface area contributed by atoms with Crippen molar-refractivity contribution in [1.29, 1.82) is 0 Å². The summed E-state index contributed by atoms with van der Waals surface area (Å²) in [7, 11) is 0. The van der Waals surface area contributed by atoms with Crippen molar-refractivity contribution in [3.8, 4) is 0 Å². The zero-order valence-electron chi connectivity index (χ0n) is 16.2. The van der Waals surface area contributed by atoms with Crippen LogP contribution in [-0.4, -0.2) is 27.5 Å². The highest BCUT2D eigenvalue weighted by molar-refractivity contribution is 5.75. The predicted octanol–water partition coefficient (Wildman–Crippen LogP) is 4.82. The second-order valence-electron chi connectivity index (χ2n) is 8.11. The van der Waals surface area contributed by atoms with Crippen LogP contribution in [0.3, 0.4) is 0 Å². The summed E-state index contributed by atoms with van der Waals surface area (Å²) in [6, 6.07) is 19.2. The van der Waals surface area contributed by atoms with Crippen molar-refractivity contribution in [2.75, 3.05) is 13.1 Å². The molecule has 0 radical (unpaired) electrons. The molecule has 28 heavy (non-hydrogen) atoms. The van der Waals surface area contributed by atoms with Gasteiger partial charge in [-0.25, -0.2) is 4.79 Å². The maximum Gasteiger partial charge on any atom is 0.326 e. The predicted molar refractivity (Wildman–Crippen MR) is 114 cm³/mol. The average Bonchev–Trinajstić information content (AvgIpc) is 3.10. The fourth-order valence-corrected chi connectivity index (χ4v) is 4.98. The monoisotopic (exact) mass is 373 g/mol. The number of aromatic amines is 1. The van der Waals surface area contributed by atoms with Crippen LogP contribution in [0.4, 0.5) is 0 Å². The molecule has 0 bridgehead atoms. The second kappa shape index (κ2) is 7.34. The molecule has 144 valence electrons. The van der Waals surface area contributed by atoms with E-state index >= 15 is 0 Å². The highest BCUT2D eigenvalue weighted by atomic mass is 16.1. The molecule has 2 aliphatic rings. The zero-order chi connectivity index (χ0) is 18.9. The molecule has 0 saturated carbocycles. The van der Waals surface area contributed by atoms with E-state index < -0.39 is 0 Å². The summed E-state index contributed by atoms with van der Waals surface area (Å²) in [4.78, 5) is 18.0. The number of fused-ring (bicyclic) bond motifs is 1. The molecule has 1 saturated heterocycles. The molecule has 1 N–H and O–H groups in total. The first-order valence-corrected chi connectivity index (χ1v) is 10.5. The number of nitrogens with one attached hydrogen (secondary N) is 1. The highest BCUT2D eigenvalue weighted by Gasteiger charge is 2.26. The van der Waals surface area contributed by atoms with E-state index in [-0.39, 0.29) is 5.69 Å². The summed E-state index contributed by atoms with van der Waals surface area (Å²) < 4.78 is 1.98. The molecule has 1 atom stereocenters. The fraction of sp³-hybridized carbons (Fsp3) is 0.375. The van der Waals surface area contributed by atoms with Crippen molar-refractivity contribution in [3.63, 3.8) is 0 Å². The second-order valence-corrected chi connectivity index (χ2v) is 8.11. The van der Waals surface area contributed by atoms with Crippen LogP contribution in [-0.2, 0) is 0 Å². The topological polar surface area (TPSA) is 41.0 Å².